The minimum absolute atomic E-state index is 0.0434. The van der Waals surface area contributed by atoms with Crippen molar-refractivity contribution < 1.29 is 4.79 Å². The molecule has 0 aliphatic carbocycles. The van der Waals surface area contributed by atoms with E-state index in [9.17, 15) is 4.79 Å². The van der Waals surface area contributed by atoms with E-state index in [1.54, 1.807) is 18.2 Å². The predicted octanol–water partition coefficient (Wildman–Crippen LogP) is 2.33. The van der Waals surface area contributed by atoms with Gasteiger partial charge in [-0.25, -0.2) is 0 Å². The van der Waals surface area contributed by atoms with Crippen LogP contribution in [0.25, 0.3) is 0 Å². The van der Waals surface area contributed by atoms with E-state index in [-0.39, 0.29) is 6.04 Å². The molecule has 96 valence electrons. The maximum atomic E-state index is 11.0. The summed E-state index contributed by atoms with van der Waals surface area (Å²) < 4.78 is 0. The second-order valence-corrected chi connectivity index (χ2v) is 4.47. The fourth-order valence-electron chi connectivity index (χ4n) is 1.61. The van der Waals surface area contributed by atoms with Crippen LogP contribution in [0.4, 0.5) is 0 Å². The van der Waals surface area contributed by atoms with Gasteiger partial charge in [0.2, 0.25) is 5.91 Å². The molecule has 0 saturated heterocycles. The maximum Gasteiger partial charge on any atom is 0.248 e. The highest BCUT2D eigenvalue weighted by Gasteiger charge is 2.07. The van der Waals surface area contributed by atoms with Crippen LogP contribution in [0, 0.1) is 12.3 Å². The highest BCUT2D eigenvalue weighted by molar-refractivity contribution is 6.31. The highest BCUT2D eigenvalue weighted by Crippen LogP contribution is 2.18. The predicted molar refractivity (Wildman–Crippen MR) is 74.3 cm³/mol. The highest BCUT2D eigenvalue weighted by atomic mass is 35.5. The summed E-state index contributed by atoms with van der Waals surface area (Å²) in [7, 11) is 0. The van der Waals surface area contributed by atoms with Crippen LogP contribution in [0.15, 0.2) is 18.2 Å². The number of primary amides is 1. The van der Waals surface area contributed by atoms with Crippen LogP contribution in [-0.2, 0) is 6.54 Å². The summed E-state index contributed by atoms with van der Waals surface area (Å²) in [5, 5.41) is 3.76. The Morgan fingerprint density at radius 1 is 1.61 bits per heavy atom. The molecule has 0 aromatic heterocycles. The van der Waals surface area contributed by atoms with Crippen molar-refractivity contribution in [2.45, 2.75) is 32.4 Å². The van der Waals surface area contributed by atoms with E-state index in [0.717, 1.165) is 18.4 Å². The molecule has 4 heteroatoms. The summed E-state index contributed by atoms with van der Waals surface area (Å²) >= 11 is 6.08. The molecular formula is C14H17ClN2O. The van der Waals surface area contributed by atoms with E-state index in [4.69, 9.17) is 23.8 Å². The van der Waals surface area contributed by atoms with E-state index in [0.29, 0.717) is 17.1 Å². The van der Waals surface area contributed by atoms with Crippen LogP contribution in [0.2, 0.25) is 5.02 Å². The number of hydrogen-bond acceptors (Lipinski definition) is 2. The molecule has 18 heavy (non-hydrogen) atoms. The lowest BCUT2D eigenvalue weighted by atomic mass is 10.1. The van der Waals surface area contributed by atoms with Crippen LogP contribution < -0.4 is 11.1 Å². The second-order valence-electron chi connectivity index (χ2n) is 4.06. The van der Waals surface area contributed by atoms with Gasteiger partial charge in [0.05, 0.1) is 6.04 Å². The Bertz CT molecular complexity index is 465. The quantitative estimate of drug-likeness (QED) is 0.775. The molecule has 0 spiro atoms. The average Bonchev–Trinajstić information content (AvgIpc) is 2.35. The molecule has 0 radical (unpaired) electrons. The van der Waals surface area contributed by atoms with Crippen molar-refractivity contribution in [1.29, 1.82) is 0 Å². The topological polar surface area (TPSA) is 55.1 Å². The number of nitrogens with two attached hydrogens (primary N) is 1. The van der Waals surface area contributed by atoms with Crippen molar-refractivity contribution in [3.8, 4) is 12.3 Å². The first-order valence-corrected chi connectivity index (χ1v) is 6.24. The van der Waals surface area contributed by atoms with Crippen molar-refractivity contribution in [3.63, 3.8) is 0 Å². The maximum absolute atomic E-state index is 11.0. The first-order valence-electron chi connectivity index (χ1n) is 5.86. The van der Waals surface area contributed by atoms with Crippen molar-refractivity contribution >= 4 is 17.5 Å². The summed E-state index contributed by atoms with van der Waals surface area (Å²) in [6, 6.07) is 5.07. The third-order valence-corrected chi connectivity index (χ3v) is 3.01. The Morgan fingerprint density at radius 2 is 2.33 bits per heavy atom. The molecule has 1 aromatic rings. The zero-order valence-corrected chi connectivity index (χ0v) is 11.1. The minimum atomic E-state index is -0.483. The van der Waals surface area contributed by atoms with Crippen molar-refractivity contribution in [2.24, 2.45) is 5.73 Å². The third kappa shape index (κ3) is 4.06. The number of rotatable bonds is 6. The van der Waals surface area contributed by atoms with Gasteiger partial charge in [-0.05, 0) is 24.1 Å². The second kappa shape index (κ2) is 7.05. The van der Waals surface area contributed by atoms with E-state index < -0.39 is 5.91 Å². The number of nitrogens with one attached hydrogen (secondary N) is 1. The lowest BCUT2D eigenvalue weighted by molar-refractivity contribution is 0.100. The lowest BCUT2D eigenvalue weighted by Crippen LogP contribution is -2.27. The summed E-state index contributed by atoms with van der Waals surface area (Å²) in [6.07, 6.45) is 7.37. The molecule has 1 atom stereocenters. The van der Waals surface area contributed by atoms with Gasteiger partial charge in [-0.2, -0.15) is 0 Å². The number of amides is 1. The SMILES string of the molecule is C#CC(CCC)NCc1ccc(C(N)=O)cc1Cl. The molecule has 1 amide bonds. The smallest absolute Gasteiger partial charge is 0.248 e. The van der Waals surface area contributed by atoms with Crippen molar-refractivity contribution in [1.82, 2.24) is 5.32 Å². The molecule has 0 heterocycles. The van der Waals surface area contributed by atoms with Gasteiger partial charge in [0.25, 0.3) is 0 Å². The fraction of sp³-hybridized carbons (Fsp3) is 0.357. The molecule has 0 fully saturated rings. The van der Waals surface area contributed by atoms with E-state index in [1.165, 1.54) is 0 Å². The van der Waals surface area contributed by atoms with Gasteiger partial charge >= 0.3 is 0 Å². The van der Waals surface area contributed by atoms with Crippen LogP contribution >= 0.6 is 11.6 Å². The molecule has 1 unspecified atom stereocenters. The standard InChI is InChI=1S/C14H17ClN2O/c1-3-5-12(4-2)17-9-11-7-6-10(14(16)18)8-13(11)15/h2,6-8,12,17H,3,5,9H2,1H3,(H2,16,18). The van der Waals surface area contributed by atoms with Crippen LogP contribution in [0.3, 0.4) is 0 Å². The van der Waals surface area contributed by atoms with Gasteiger partial charge in [0.1, 0.15) is 0 Å². The van der Waals surface area contributed by atoms with Gasteiger partial charge in [-0.1, -0.05) is 36.9 Å². The monoisotopic (exact) mass is 264 g/mol. The van der Waals surface area contributed by atoms with Crippen LogP contribution in [-0.4, -0.2) is 11.9 Å². The first-order chi connectivity index (χ1) is 8.58. The molecule has 0 bridgehead atoms. The van der Waals surface area contributed by atoms with Crippen molar-refractivity contribution in [3.05, 3.63) is 34.3 Å². The molecule has 0 aliphatic rings. The number of terminal acetylenes is 1. The number of hydrogen-bond donors (Lipinski definition) is 2. The summed E-state index contributed by atoms with van der Waals surface area (Å²) in [5.74, 6) is 2.21. The Hall–Kier alpha value is -1.50. The first kappa shape index (κ1) is 14.6. The lowest BCUT2D eigenvalue weighted by Gasteiger charge is -2.13. The fourth-order valence-corrected chi connectivity index (χ4v) is 1.86. The molecule has 0 aliphatic heterocycles. The van der Waals surface area contributed by atoms with E-state index in [2.05, 4.69) is 18.2 Å². The van der Waals surface area contributed by atoms with Gasteiger partial charge < -0.3 is 5.73 Å². The summed E-state index contributed by atoms with van der Waals surface area (Å²) in [4.78, 5) is 11.0. The largest absolute Gasteiger partial charge is 0.366 e. The Morgan fingerprint density at radius 3 is 2.83 bits per heavy atom. The minimum Gasteiger partial charge on any atom is -0.366 e. The van der Waals surface area contributed by atoms with E-state index >= 15 is 0 Å². The number of carbonyl (C=O) groups is 1. The molecule has 1 aromatic carbocycles. The van der Waals surface area contributed by atoms with E-state index in [1.807, 2.05) is 0 Å². The van der Waals surface area contributed by atoms with Crippen LogP contribution in [0.1, 0.15) is 35.7 Å². The normalized spacial score (nSPS) is 11.8. The van der Waals surface area contributed by atoms with Crippen LogP contribution in [0.5, 0.6) is 0 Å². The van der Waals surface area contributed by atoms with Gasteiger partial charge in [0.15, 0.2) is 0 Å². The van der Waals surface area contributed by atoms with Gasteiger partial charge in [-0.3, -0.25) is 10.1 Å². The summed E-state index contributed by atoms with van der Waals surface area (Å²) in [6.45, 7) is 2.66. The molecular weight excluding hydrogens is 248 g/mol. The Balaban J connectivity index is 2.68. The number of carbonyl (C=O) groups excluding carboxylic acids is 1. The summed E-state index contributed by atoms with van der Waals surface area (Å²) in [5.41, 5.74) is 6.49. The molecule has 3 nitrogen and oxygen atoms in total. The Labute approximate surface area is 113 Å². The third-order valence-electron chi connectivity index (χ3n) is 2.66. The molecule has 3 N–H and O–H groups in total. The Kier molecular flexibility index (Phi) is 5.70. The van der Waals surface area contributed by atoms with Gasteiger partial charge in [0, 0.05) is 17.1 Å². The number of benzene rings is 1. The zero-order chi connectivity index (χ0) is 13.5. The number of halogens is 1. The zero-order valence-electron chi connectivity index (χ0n) is 10.4. The molecule has 0 saturated carbocycles. The average molecular weight is 265 g/mol. The van der Waals surface area contributed by atoms with Gasteiger partial charge in [-0.15, -0.1) is 6.42 Å². The van der Waals surface area contributed by atoms with Crippen molar-refractivity contribution in [2.75, 3.05) is 0 Å². The molecule has 1 rings (SSSR count).